The van der Waals surface area contributed by atoms with E-state index in [1.54, 1.807) is 13.8 Å². The molecule has 0 aliphatic rings. The number of rotatable bonds is 5. The number of aliphatic carboxylic acids is 1. The minimum absolute atomic E-state index is 0.0312. The van der Waals surface area contributed by atoms with Crippen molar-refractivity contribution in [2.45, 2.75) is 26.7 Å². The number of carboxylic acid groups (broad SMARTS) is 1. The molecular formula is C9H16N2O4. The Balaban J connectivity index is 3.82. The highest BCUT2D eigenvalue weighted by atomic mass is 16.4. The van der Waals surface area contributed by atoms with Crippen molar-refractivity contribution in [2.24, 2.45) is 5.92 Å². The quantitative estimate of drug-likeness (QED) is 0.617. The standard InChI is InChI=1S/C9H16N2O4/c1-3-10-9(15)11-7(12)4-6(2)5-8(13)14/h6H,3-5H2,1-2H3,(H,13,14)(H2,10,11,12,15). The van der Waals surface area contributed by atoms with Crippen molar-refractivity contribution in [1.82, 2.24) is 10.6 Å². The average molecular weight is 216 g/mol. The second kappa shape index (κ2) is 6.80. The van der Waals surface area contributed by atoms with E-state index in [4.69, 9.17) is 5.11 Å². The van der Waals surface area contributed by atoms with Crippen LogP contribution in [-0.4, -0.2) is 29.6 Å². The molecule has 0 saturated carbocycles. The van der Waals surface area contributed by atoms with Crippen molar-refractivity contribution in [3.8, 4) is 0 Å². The monoisotopic (exact) mass is 216 g/mol. The second-order valence-electron chi connectivity index (χ2n) is 3.31. The van der Waals surface area contributed by atoms with Gasteiger partial charge in [-0.15, -0.1) is 0 Å². The molecule has 0 rings (SSSR count). The fourth-order valence-corrected chi connectivity index (χ4v) is 1.07. The molecule has 15 heavy (non-hydrogen) atoms. The summed E-state index contributed by atoms with van der Waals surface area (Å²) in [6.45, 7) is 3.81. The van der Waals surface area contributed by atoms with Gasteiger partial charge >= 0.3 is 12.0 Å². The number of nitrogens with one attached hydrogen (secondary N) is 2. The second-order valence-corrected chi connectivity index (χ2v) is 3.31. The number of imide groups is 1. The molecule has 0 spiro atoms. The Hall–Kier alpha value is -1.59. The molecule has 6 heteroatoms. The number of carbonyl (C=O) groups is 3. The third kappa shape index (κ3) is 7.48. The molecule has 0 radical (unpaired) electrons. The number of carbonyl (C=O) groups excluding carboxylic acids is 2. The summed E-state index contributed by atoms with van der Waals surface area (Å²) >= 11 is 0. The summed E-state index contributed by atoms with van der Waals surface area (Å²) < 4.78 is 0. The maximum Gasteiger partial charge on any atom is 0.321 e. The molecule has 0 aliphatic carbocycles. The number of carboxylic acids is 1. The lowest BCUT2D eigenvalue weighted by molar-refractivity contribution is -0.138. The van der Waals surface area contributed by atoms with Crippen LogP contribution in [0.15, 0.2) is 0 Å². The molecule has 0 saturated heterocycles. The van der Waals surface area contributed by atoms with Gasteiger partial charge in [0, 0.05) is 19.4 Å². The predicted molar refractivity (Wildman–Crippen MR) is 53.2 cm³/mol. The van der Waals surface area contributed by atoms with Crippen molar-refractivity contribution in [1.29, 1.82) is 0 Å². The number of hydrogen-bond acceptors (Lipinski definition) is 3. The van der Waals surface area contributed by atoms with Gasteiger partial charge in [0.05, 0.1) is 0 Å². The summed E-state index contributed by atoms with van der Waals surface area (Å²) in [5.74, 6) is -1.69. The van der Waals surface area contributed by atoms with Crippen LogP contribution < -0.4 is 10.6 Å². The van der Waals surface area contributed by atoms with Gasteiger partial charge in [0.2, 0.25) is 5.91 Å². The molecule has 0 aliphatic heterocycles. The first-order valence-electron chi connectivity index (χ1n) is 4.75. The van der Waals surface area contributed by atoms with Crippen LogP contribution in [0.3, 0.4) is 0 Å². The highest BCUT2D eigenvalue weighted by Gasteiger charge is 2.14. The average Bonchev–Trinajstić information content (AvgIpc) is 2.00. The molecular weight excluding hydrogens is 200 g/mol. The Kier molecular flexibility index (Phi) is 6.08. The molecule has 86 valence electrons. The predicted octanol–water partition coefficient (Wildman–Crippen LogP) is 0.333. The van der Waals surface area contributed by atoms with Crippen LogP contribution in [0.5, 0.6) is 0 Å². The fraction of sp³-hybridized carbons (Fsp3) is 0.667. The normalized spacial score (nSPS) is 11.6. The minimum atomic E-state index is -0.951. The van der Waals surface area contributed by atoms with Gasteiger partial charge < -0.3 is 10.4 Å². The molecule has 6 nitrogen and oxygen atoms in total. The Labute approximate surface area is 88.0 Å². The first kappa shape index (κ1) is 13.4. The van der Waals surface area contributed by atoms with Gasteiger partial charge in [0.15, 0.2) is 0 Å². The van der Waals surface area contributed by atoms with E-state index in [9.17, 15) is 14.4 Å². The molecule has 1 unspecified atom stereocenters. The highest BCUT2D eigenvalue weighted by Crippen LogP contribution is 2.06. The molecule has 0 heterocycles. The Bertz CT molecular complexity index is 252. The van der Waals surface area contributed by atoms with Crippen molar-refractivity contribution < 1.29 is 19.5 Å². The number of amides is 3. The lowest BCUT2D eigenvalue weighted by atomic mass is 10.0. The lowest BCUT2D eigenvalue weighted by Gasteiger charge is -2.08. The minimum Gasteiger partial charge on any atom is -0.481 e. The third-order valence-corrected chi connectivity index (χ3v) is 1.65. The summed E-state index contributed by atoms with van der Waals surface area (Å²) in [5.41, 5.74) is 0. The molecule has 0 fully saturated rings. The first-order valence-corrected chi connectivity index (χ1v) is 4.75. The van der Waals surface area contributed by atoms with E-state index in [1.807, 2.05) is 0 Å². The van der Waals surface area contributed by atoms with Crippen LogP contribution in [0.4, 0.5) is 4.79 Å². The van der Waals surface area contributed by atoms with Crippen LogP contribution in [-0.2, 0) is 9.59 Å². The third-order valence-electron chi connectivity index (χ3n) is 1.65. The van der Waals surface area contributed by atoms with Gasteiger partial charge in [-0.1, -0.05) is 6.92 Å². The van der Waals surface area contributed by atoms with E-state index in [1.165, 1.54) is 0 Å². The van der Waals surface area contributed by atoms with E-state index in [0.29, 0.717) is 6.54 Å². The zero-order chi connectivity index (χ0) is 11.8. The van der Waals surface area contributed by atoms with E-state index < -0.39 is 17.9 Å². The van der Waals surface area contributed by atoms with Gasteiger partial charge in [-0.05, 0) is 12.8 Å². The molecule has 3 N–H and O–H groups in total. The van der Waals surface area contributed by atoms with Crippen molar-refractivity contribution in [3.63, 3.8) is 0 Å². The van der Waals surface area contributed by atoms with Crippen molar-refractivity contribution in [2.75, 3.05) is 6.54 Å². The summed E-state index contributed by atoms with van der Waals surface area (Å²) in [6, 6.07) is -0.551. The SMILES string of the molecule is CCNC(=O)NC(=O)CC(C)CC(=O)O. The molecule has 0 aromatic heterocycles. The Morgan fingerprint density at radius 1 is 1.27 bits per heavy atom. The molecule has 0 bridgehead atoms. The topological polar surface area (TPSA) is 95.5 Å². The fourth-order valence-electron chi connectivity index (χ4n) is 1.07. The summed E-state index contributed by atoms with van der Waals surface area (Å²) in [4.78, 5) is 32.4. The van der Waals surface area contributed by atoms with Crippen molar-refractivity contribution in [3.05, 3.63) is 0 Å². The summed E-state index contributed by atoms with van der Waals surface area (Å²) in [6.07, 6.45) is -0.0494. The van der Waals surface area contributed by atoms with E-state index in [0.717, 1.165) is 0 Å². The van der Waals surface area contributed by atoms with Crippen molar-refractivity contribution >= 4 is 17.9 Å². The molecule has 3 amide bonds. The highest BCUT2D eigenvalue weighted by molar-refractivity contribution is 5.94. The van der Waals surface area contributed by atoms with Gasteiger partial charge in [-0.2, -0.15) is 0 Å². The van der Waals surface area contributed by atoms with Gasteiger partial charge in [-0.25, -0.2) is 4.79 Å². The smallest absolute Gasteiger partial charge is 0.321 e. The largest absolute Gasteiger partial charge is 0.481 e. The van der Waals surface area contributed by atoms with Gasteiger partial charge in [-0.3, -0.25) is 14.9 Å². The van der Waals surface area contributed by atoms with E-state index >= 15 is 0 Å². The summed E-state index contributed by atoms with van der Waals surface area (Å²) in [7, 11) is 0. The van der Waals surface area contributed by atoms with Gasteiger partial charge in [0.1, 0.15) is 0 Å². The Morgan fingerprint density at radius 2 is 1.87 bits per heavy atom. The van der Waals surface area contributed by atoms with Gasteiger partial charge in [0.25, 0.3) is 0 Å². The van der Waals surface area contributed by atoms with Crippen LogP contribution >= 0.6 is 0 Å². The first-order chi connectivity index (χ1) is 6.95. The maximum atomic E-state index is 11.2. The molecule has 0 aromatic carbocycles. The number of urea groups is 1. The zero-order valence-electron chi connectivity index (χ0n) is 8.87. The van der Waals surface area contributed by atoms with E-state index in [2.05, 4.69) is 10.6 Å². The van der Waals surface area contributed by atoms with Crippen LogP contribution in [0, 0.1) is 5.92 Å². The lowest BCUT2D eigenvalue weighted by Crippen LogP contribution is -2.39. The Morgan fingerprint density at radius 3 is 2.33 bits per heavy atom. The van der Waals surface area contributed by atoms with E-state index in [-0.39, 0.29) is 18.8 Å². The maximum absolute atomic E-state index is 11.2. The molecule has 0 aromatic rings. The van der Waals surface area contributed by atoms with Crippen LogP contribution in [0.1, 0.15) is 26.7 Å². The number of hydrogen-bond donors (Lipinski definition) is 3. The summed E-state index contributed by atoms with van der Waals surface area (Å²) in [5, 5.41) is 13.0. The van der Waals surface area contributed by atoms with Crippen LogP contribution in [0.25, 0.3) is 0 Å². The van der Waals surface area contributed by atoms with Crippen LogP contribution in [0.2, 0.25) is 0 Å². The molecule has 1 atom stereocenters. The zero-order valence-corrected chi connectivity index (χ0v) is 8.87.